The Morgan fingerprint density at radius 2 is 1.68 bits per heavy atom. The Morgan fingerprint density at radius 1 is 1.03 bits per heavy atom. The van der Waals surface area contributed by atoms with E-state index in [9.17, 15) is 12.8 Å². The van der Waals surface area contributed by atoms with Gasteiger partial charge in [0.2, 0.25) is 0 Å². The Hall–Kier alpha value is -1.88. The molecule has 0 radical (unpaired) electrons. The predicted molar refractivity (Wildman–Crippen MR) is 136 cm³/mol. The van der Waals surface area contributed by atoms with Crippen LogP contribution in [0.25, 0.3) is 0 Å². The first-order valence-electron chi connectivity index (χ1n) is 10.2. The van der Waals surface area contributed by atoms with Crippen molar-refractivity contribution in [3.63, 3.8) is 0 Å². The third-order valence-corrected chi connectivity index (χ3v) is 6.81. The summed E-state index contributed by atoms with van der Waals surface area (Å²) in [6.45, 7) is 3.38. The second kappa shape index (κ2) is 12.2. The Kier molecular flexibility index (Phi) is 10.0. The van der Waals surface area contributed by atoms with Crippen molar-refractivity contribution in [3.8, 4) is 0 Å². The molecule has 2 aromatic carbocycles. The van der Waals surface area contributed by atoms with Gasteiger partial charge in [-0.1, -0.05) is 42.5 Å². The number of sulfone groups is 1. The number of para-hydroxylation sites is 1. The first kappa shape index (κ1) is 25.4. The van der Waals surface area contributed by atoms with E-state index in [1.54, 1.807) is 19.2 Å². The van der Waals surface area contributed by atoms with Crippen molar-refractivity contribution < 1.29 is 12.8 Å². The van der Waals surface area contributed by atoms with Gasteiger partial charge in [-0.05, 0) is 24.1 Å². The van der Waals surface area contributed by atoms with Gasteiger partial charge in [-0.2, -0.15) is 0 Å². The zero-order valence-corrected chi connectivity index (χ0v) is 20.9. The van der Waals surface area contributed by atoms with Gasteiger partial charge in [0.1, 0.15) is 5.82 Å². The fourth-order valence-electron chi connectivity index (χ4n) is 3.59. The lowest BCUT2D eigenvalue weighted by Crippen LogP contribution is -2.52. The summed E-state index contributed by atoms with van der Waals surface area (Å²) in [5.41, 5.74) is 1.44. The number of aliphatic imine (C=N–C) groups is 1. The van der Waals surface area contributed by atoms with Gasteiger partial charge >= 0.3 is 0 Å². The van der Waals surface area contributed by atoms with Crippen LogP contribution in [0.5, 0.6) is 0 Å². The predicted octanol–water partition coefficient (Wildman–Crippen LogP) is 3.15. The third kappa shape index (κ3) is 7.64. The average Bonchev–Trinajstić information content (AvgIpc) is 2.75. The molecule has 1 fully saturated rings. The van der Waals surface area contributed by atoms with Crippen LogP contribution in [-0.4, -0.2) is 64.8 Å². The molecule has 2 aromatic rings. The van der Waals surface area contributed by atoms with E-state index in [-0.39, 0.29) is 41.3 Å². The number of nitrogens with one attached hydrogen (secondary N) is 1. The van der Waals surface area contributed by atoms with Crippen molar-refractivity contribution in [1.29, 1.82) is 0 Å². The minimum atomic E-state index is -3.14. The maximum Gasteiger partial charge on any atom is 0.193 e. The van der Waals surface area contributed by atoms with Crippen LogP contribution in [0.3, 0.4) is 0 Å². The van der Waals surface area contributed by atoms with Gasteiger partial charge in [0.15, 0.2) is 15.8 Å². The molecule has 0 unspecified atom stereocenters. The fraction of sp³-hybridized carbons (Fsp3) is 0.409. The minimum Gasteiger partial charge on any atom is -0.366 e. The molecule has 0 atom stereocenters. The molecule has 9 heteroatoms. The van der Waals surface area contributed by atoms with E-state index in [0.717, 1.165) is 24.6 Å². The topological polar surface area (TPSA) is 65.0 Å². The molecule has 0 aromatic heterocycles. The first-order valence-corrected chi connectivity index (χ1v) is 12.0. The van der Waals surface area contributed by atoms with Crippen LogP contribution in [0.4, 0.5) is 10.1 Å². The monoisotopic (exact) mass is 560 g/mol. The van der Waals surface area contributed by atoms with E-state index < -0.39 is 9.84 Å². The van der Waals surface area contributed by atoms with Crippen molar-refractivity contribution in [2.75, 3.05) is 50.4 Å². The molecule has 1 heterocycles. The molecule has 1 N–H and O–H groups in total. The quantitative estimate of drug-likeness (QED) is 0.244. The second-order valence-corrected chi connectivity index (χ2v) is 9.51. The molecule has 1 saturated heterocycles. The Morgan fingerprint density at radius 3 is 2.32 bits per heavy atom. The van der Waals surface area contributed by atoms with Gasteiger partial charge in [0.25, 0.3) is 0 Å². The molecule has 0 amide bonds. The molecule has 1 aliphatic heterocycles. The van der Waals surface area contributed by atoms with Gasteiger partial charge < -0.3 is 15.1 Å². The molecule has 170 valence electrons. The number of hydrogen-bond acceptors (Lipinski definition) is 4. The number of halogens is 2. The summed E-state index contributed by atoms with van der Waals surface area (Å²) >= 11 is 0. The van der Waals surface area contributed by atoms with E-state index in [1.165, 1.54) is 6.07 Å². The van der Waals surface area contributed by atoms with Crippen molar-refractivity contribution >= 4 is 45.5 Å². The molecule has 3 rings (SSSR count). The van der Waals surface area contributed by atoms with E-state index >= 15 is 0 Å². The van der Waals surface area contributed by atoms with Gasteiger partial charge in [0, 0.05) is 39.8 Å². The van der Waals surface area contributed by atoms with E-state index in [2.05, 4.69) is 15.2 Å². The number of hydrogen-bond donors (Lipinski definition) is 1. The second-order valence-electron chi connectivity index (χ2n) is 7.33. The minimum absolute atomic E-state index is 0. The van der Waals surface area contributed by atoms with Crippen molar-refractivity contribution in [2.45, 2.75) is 12.2 Å². The van der Waals surface area contributed by atoms with Crippen LogP contribution in [-0.2, 0) is 15.6 Å². The highest BCUT2D eigenvalue weighted by molar-refractivity contribution is 14.0. The van der Waals surface area contributed by atoms with Crippen molar-refractivity contribution in [3.05, 3.63) is 66.0 Å². The lowest BCUT2D eigenvalue weighted by molar-refractivity contribution is 0.371. The largest absolute Gasteiger partial charge is 0.366 e. The van der Waals surface area contributed by atoms with Crippen LogP contribution in [0.2, 0.25) is 0 Å². The number of nitrogens with zero attached hydrogens (tertiary/aromatic N) is 3. The number of guanidine groups is 1. The number of benzene rings is 2. The Bertz CT molecular complexity index is 949. The first-order chi connectivity index (χ1) is 14.5. The molecule has 0 aliphatic carbocycles. The van der Waals surface area contributed by atoms with Crippen molar-refractivity contribution in [1.82, 2.24) is 10.2 Å². The van der Waals surface area contributed by atoms with Crippen molar-refractivity contribution in [2.24, 2.45) is 4.99 Å². The highest BCUT2D eigenvalue weighted by Gasteiger charge is 2.21. The molecule has 0 spiro atoms. The van der Waals surface area contributed by atoms with E-state index in [1.807, 2.05) is 41.3 Å². The van der Waals surface area contributed by atoms with Crippen LogP contribution in [0, 0.1) is 5.82 Å². The summed E-state index contributed by atoms with van der Waals surface area (Å²) in [5.74, 6) is 0.752. The number of piperazine rings is 1. The smallest absolute Gasteiger partial charge is 0.193 e. The van der Waals surface area contributed by atoms with Gasteiger partial charge in [-0.15, -0.1) is 24.0 Å². The Balaban J connectivity index is 0.00000341. The van der Waals surface area contributed by atoms with Crippen LogP contribution in [0.15, 0.2) is 59.6 Å². The van der Waals surface area contributed by atoms with Crippen LogP contribution < -0.4 is 10.2 Å². The number of anilines is 1. The molecule has 1 aliphatic rings. The molecule has 6 nitrogen and oxygen atoms in total. The van der Waals surface area contributed by atoms with Gasteiger partial charge in [-0.3, -0.25) is 4.99 Å². The number of rotatable bonds is 7. The lowest BCUT2D eigenvalue weighted by Gasteiger charge is -2.37. The van der Waals surface area contributed by atoms with E-state index in [4.69, 9.17) is 0 Å². The standard InChI is InChI=1S/C22H29FN4O2S.HI/c1-24-22(25-12-7-17-30(28,29)18-19-8-3-2-4-9-19)27-15-13-26(14-16-27)21-11-6-5-10-20(21)23;/h2-6,8-11H,7,12-18H2,1H3,(H,24,25);1H. The third-order valence-electron chi connectivity index (χ3n) is 5.13. The summed E-state index contributed by atoms with van der Waals surface area (Å²) in [6.07, 6.45) is 0.517. The fourth-order valence-corrected chi connectivity index (χ4v) is 5.02. The highest BCUT2D eigenvalue weighted by Crippen LogP contribution is 2.20. The summed E-state index contributed by atoms with van der Waals surface area (Å²) in [4.78, 5) is 8.48. The highest BCUT2D eigenvalue weighted by atomic mass is 127. The Labute approximate surface area is 201 Å². The van der Waals surface area contributed by atoms with E-state index in [0.29, 0.717) is 31.7 Å². The molecular formula is C22H30FIN4O2S. The zero-order valence-electron chi connectivity index (χ0n) is 17.7. The summed E-state index contributed by atoms with van der Waals surface area (Å²) in [7, 11) is -1.42. The maximum absolute atomic E-state index is 14.0. The van der Waals surface area contributed by atoms with Crippen LogP contribution >= 0.6 is 24.0 Å². The SMILES string of the molecule is CN=C(NCCCS(=O)(=O)Cc1ccccc1)N1CCN(c2ccccc2F)CC1.I. The van der Waals surface area contributed by atoms with Crippen LogP contribution in [0.1, 0.15) is 12.0 Å². The van der Waals surface area contributed by atoms with Gasteiger partial charge in [0.05, 0.1) is 17.2 Å². The van der Waals surface area contributed by atoms with Gasteiger partial charge in [-0.25, -0.2) is 12.8 Å². The molecule has 0 saturated carbocycles. The summed E-state index contributed by atoms with van der Waals surface area (Å²) < 4.78 is 38.6. The summed E-state index contributed by atoms with van der Waals surface area (Å²) in [6, 6.07) is 16.1. The average molecular weight is 560 g/mol. The maximum atomic E-state index is 14.0. The molecular weight excluding hydrogens is 530 g/mol. The lowest BCUT2D eigenvalue weighted by atomic mass is 10.2. The molecule has 0 bridgehead atoms. The zero-order chi connectivity index (χ0) is 21.4. The normalized spacial score (nSPS) is 14.8. The molecule has 31 heavy (non-hydrogen) atoms. The summed E-state index contributed by atoms with van der Waals surface area (Å²) in [5, 5.41) is 3.26.